The van der Waals surface area contributed by atoms with Crippen LogP contribution in [0.5, 0.6) is 5.75 Å². The quantitative estimate of drug-likeness (QED) is 0.566. The summed E-state index contributed by atoms with van der Waals surface area (Å²) in [6.07, 6.45) is 0.401. The van der Waals surface area contributed by atoms with Crippen LogP contribution in [0.3, 0.4) is 0 Å². The number of hydrogen-bond acceptors (Lipinski definition) is 4. The summed E-state index contributed by atoms with van der Waals surface area (Å²) in [4.78, 5) is 11.0. The molecule has 0 saturated carbocycles. The van der Waals surface area contributed by atoms with E-state index in [9.17, 15) is 4.79 Å². The number of ether oxygens (including phenoxy) is 2. The molecule has 1 N–H and O–H groups in total. The van der Waals surface area contributed by atoms with Crippen molar-refractivity contribution in [1.82, 2.24) is 5.32 Å². The first-order valence-electron chi connectivity index (χ1n) is 6.28. The number of aryl methyl sites for hydroxylation is 1. The number of carbonyl (C=O) groups is 1. The average Bonchev–Trinajstić information content (AvgIpc) is 2.34. The molecule has 0 radical (unpaired) electrons. The van der Waals surface area contributed by atoms with Gasteiger partial charge in [-0.05, 0) is 31.5 Å². The molecular weight excluding hydrogens is 230 g/mol. The standard InChI is InChI=1S/C14H21NO3/c1-3-17-14(16)7-8-15-9-10-18-13-6-4-5-12(2)11-13/h4-6,11,15H,3,7-10H2,1-2H3. The molecule has 100 valence electrons. The average molecular weight is 251 g/mol. The number of nitrogens with one attached hydrogen (secondary N) is 1. The second-order valence-electron chi connectivity index (χ2n) is 3.97. The van der Waals surface area contributed by atoms with Crippen LogP contribution in [0.1, 0.15) is 18.9 Å². The van der Waals surface area contributed by atoms with Gasteiger partial charge in [0, 0.05) is 13.1 Å². The van der Waals surface area contributed by atoms with Crippen molar-refractivity contribution >= 4 is 5.97 Å². The SMILES string of the molecule is CCOC(=O)CCNCCOc1cccc(C)c1. The van der Waals surface area contributed by atoms with Crippen molar-refractivity contribution in [2.45, 2.75) is 20.3 Å². The Labute approximate surface area is 108 Å². The molecule has 1 rings (SSSR count). The van der Waals surface area contributed by atoms with E-state index in [1.807, 2.05) is 31.2 Å². The van der Waals surface area contributed by atoms with E-state index in [-0.39, 0.29) is 5.97 Å². The Morgan fingerprint density at radius 3 is 2.89 bits per heavy atom. The van der Waals surface area contributed by atoms with E-state index in [4.69, 9.17) is 9.47 Å². The Bertz CT molecular complexity index is 366. The van der Waals surface area contributed by atoms with Gasteiger partial charge in [0.2, 0.25) is 0 Å². The van der Waals surface area contributed by atoms with Gasteiger partial charge in [0.1, 0.15) is 12.4 Å². The zero-order valence-electron chi connectivity index (χ0n) is 11.1. The largest absolute Gasteiger partial charge is 0.492 e. The van der Waals surface area contributed by atoms with Crippen LogP contribution in [0.4, 0.5) is 0 Å². The molecule has 0 aliphatic heterocycles. The maximum Gasteiger partial charge on any atom is 0.307 e. The number of carbonyl (C=O) groups excluding carboxylic acids is 1. The lowest BCUT2D eigenvalue weighted by molar-refractivity contribution is -0.142. The van der Waals surface area contributed by atoms with E-state index in [2.05, 4.69) is 5.32 Å². The minimum atomic E-state index is -0.162. The molecule has 1 aromatic rings. The molecule has 0 amide bonds. The van der Waals surface area contributed by atoms with Crippen LogP contribution in [0, 0.1) is 6.92 Å². The fourth-order valence-electron chi connectivity index (χ4n) is 1.49. The molecule has 1 aromatic carbocycles. The van der Waals surface area contributed by atoms with Gasteiger partial charge in [-0.1, -0.05) is 12.1 Å². The van der Waals surface area contributed by atoms with Crippen LogP contribution in [-0.4, -0.2) is 32.3 Å². The predicted molar refractivity (Wildman–Crippen MR) is 70.8 cm³/mol. The van der Waals surface area contributed by atoms with Gasteiger partial charge in [0.25, 0.3) is 0 Å². The van der Waals surface area contributed by atoms with Crippen LogP contribution in [0.2, 0.25) is 0 Å². The molecule has 0 saturated heterocycles. The van der Waals surface area contributed by atoms with Crippen molar-refractivity contribution in [2.24, 2.45) is 0 Å². The molecule has 0 atom stereocenters. The molecule has 0 aliphatic rings. The Morgan fingerprint density at radius 1 is 1.33 bits per heavy atom. The molecule has 0 heterocycles. The van der Waals surface area contributed by atoms with Crippen molar-refractivity contribution in [3.8, 4) is 5.75 Å². The number of esters is 1. The van der Waals surface area contributed by atoms with Gasteiger partial charge in [-0.2, -0.15) is 0 Å². The van der Waals surface area contributed by atoms with E-state index in [1.54, 1.807) is 6.92 Å². The first-order chi connectivity index (χ1) is 8.72. The maximum absolute atomic E-state index is 11.0. The summed E-state index contributed by atoms with van der Waals surface area (Å²) in [5.41, 5.74) is 1.18. The van der Waals surface area contributed by atoms with Gasteiger partial charge in [0.15, 0.2) is 0 Å². The summed E-state index contributed by atoms with van der Waals surface area (Å²) in [6.45, 7) is 6.20. The normalized spacial score (nSPS) is 10.1. The smallest absolute Gasteiger partial charge is 0.307 e. The highest BCUT2D eigenvalue weighted by Gasteiger charge is 2.00. The highest BCUT2D eigenvalue weighted by Crippen LogP contribution is 2.11. The fraction of sp³-hybridized carbons (Fsp3) is 0.500. The summed E-state index contributed by atoms with van der Waals surface area (Å²) < 4.78 is 10.4. The maximum atomic E-state index is 11.0. The molecule has 0 spiro atoms. The lowest BCUT2D eigenvalue weighted by atomic mass is 10.2. The molecule has 0 fully saturated rings. The van der Waals surface area contributed by atoms with Crippen LogP contribution in [-0.2, 0) is 9.53 Å². The van der Waals surface area contributed by atoms with E-state index < -0.39 is 0 Å². The van der Waals surface area contributed by atoms with Crippen LogP contribution in [0.15, 0.2) is 24.3 Å². The van der Waals surface area contributed by atoms with E-state index in [0.29, 0.717) is 32.7 Å². The van der Waals surface area contributed by atoms with Crippen LogP contribution in [0.25, 0.3) is 0 Å². The predicted octanol–water partition coefficient (Wildman–Crippen LogP) is 1.92. The second kappa shape index (κ2) is 8.53. The third-order valence-corrected chi connectivity index (χ3v) is 2.35. The van der Waals surface area contributed by atoms with Crippen LogP contribution < -0.4 is 10.1 Å². The lowest BCUT2D eigenvalue weighted by Gasteiger charge is -2.08. The zero-order valence-corrected chi connectivity index (χ0v) is 11.1. The van der Waals surface area contributed by atoms with Crippen molar-refractivity contribution in [2.75, 3.05) is 26.3 Å². The molecular formula is C14H21NO3. The van der Waals surface area contributed by atoms with Crippen molar-refractivity contribution in [3.63, 3.8) is 0 Å². The third-order valence-electron chi connectivity index (χ3n) is 2.35. The highest BCUT2D eigenvalue weighted by molar-refractivity contribution is 5.69. The highest BCUT2D eigenvalue weighted by atomic mass is 16.5. The Hall–Kier alpha value is -1.55. The lowest BCUT2D eigenvalue weighted by Crippen LogP contribution is -2.24. The molecule has 4 nitrogen and oxygen atoms in total. The summed E-state index contributed by atoms with van der Waals surface area (Å²) in [5, 5.41) is 3.13. The van der Waals surface area contributed by atoms with E-state index in [1.165, 1.54) is 5.56 Å². The molecule has 0 aromatic heterocycles. The molecule has 4 heteroatoms. The number of rotatable bonds is 8. The van der Waals surface area contributed by atoms with Crippen molar-refractivity contribution in [1.29, 1.82) is 0 Å². The van der Waals surface area contributed by atoms with Crippen molar-refractivity contribution < 1.29 is 14.3 Å². The van der Waals surface area contributed by atoms with Crippen molar-refractivity contribution in [3.05, 3.63) is 29.8 Å². The van der Waals surface area contributed by atoms with Gasteiger partial charge in [-0.3, -0.25) is 4.79 Å². The topological polar surface area (TPSA) is 47.6 Å². The number of hydrogen-bond donors (Lipinski definition) is 1. The zero-order chi connectivity index (χ0) is 13.2. The molecule has 18 heavy (non-hydrogen) atoms. The fourth-order valence-corrected chi connectivity index (χ4v) is 1.49. The Morgan fingerprint density at radius 2 is 2.17 bits per heavy atom. The van der Waals surface area contributed by atoms with Gasteiger partial charge in [-0.15, -0.1) is 0 Å². The van der Waals surface area contributed by atoms with E-state index >= 15 is 0 Å². The molecule has 0 unspecified atom stereocenters. The minimum absolute atomic E-state index is 0.162. The monoisotopic (exact) mass is 251 g/mol. The van der Waals surface area contributed by atoms with E-state index in [0.717, 1.165) is 5.75 Å². The van der Waals surface area contributed by atoms with Gasteiger partial charge >= 0.3 is 5.97 Å². The number of benzene rings is 1. The summed E-state index contributed by atoms with van der Waals surface area (Å²) >= 11 is 0. The third kappa shape index (κ3) is 6.25. The first kappa shape index (κ1) is 14.5. The van der Waals surface area contributed by atoms with Crippen LogP contribution >= 0.6 is 0 Å². The first-order valence-corrected chi connectivity index (χ1v) is 6.28. The molecule has 0 aliphatic carbocycles. The summed E-state index contributed by atoms with van der Waals surface area (Å²) in [6, 6.07) is 7.94. The Balaban J connectivity index is 2.04. The van der Waals surface area contributed by atoms with Gasteiger partial charge in [-0.25, -0.2) is 0 Å². The second-order valence-corrected chi connectivity index (χ2v) is 3.97. The van der Waals surface area contributed by atoms with Gasteiger partial charge in [0.05, 0.1) is 13.0 Å². The minimum Gasteiger partial charge on any atom is -0.492 e. The van der Waals surface area contributed by atoms with Gasteiger partial charge < -0.3 is 14.8 Å². The molecule has 0 bridgehead atoms. The summed E-state index contributed by atoms with van der Waals surface area (Å²) in [5.74, 6) is 0.715. The summed E-state index contributed by atoms with van der Waals surface area (Å²) in [7, 11) is 0. The Kier molecular flexibility index (Phi) is 6.87.